The van der Waals surface area contributed by atoms with Crippen LogP contribution in [0.25, 0.3) is 0 Å². The summed E-state index contributed by atoms with van der Waals surface area (Å²) in [5, 5.41) is 7.01. The number of methoxy groups -OCH3 is 2. The minimum absolute atomic E-state index is 0.381. The molecule has 7 nitrogen and oxygen atoms in total. The molecule has 1 fully saturated rings. The van der Waals surface area contributed by atoms with Crippen LogP contribution < -0.4 is 29.7 Å². The number of hydrogen-bond donors (Lipinski definition) is 2. The van der Waals surface area contributed by atoms with Gasteiger partial charge in [-0.05, 0) is 43.9 Å². The van der Waals surface area contributed by atoms with E-state index in [0.29, 0.717) is 12.6 Å². The zero-order chi connectivity index (χ0) is 22.9. The first-order valence-corrected chi connectivity index (χ1v) is 11.2. The molecular weight excluding hydrogens is 404 g/mol. The van der Waals surface area contributed by atoms with Crippen LogP contribution in [0.3, 0.4) is 0 Å². The number of rotatable bonds is 8. The molecule has 0 aliphatic carbocycles. The Balaban J connectivity index is 1.51. The van der Waals surface area contributed by atoms with Gasteiger partial charge in [0.2, 0.25) is 0 Å². The minimum Gasteiger partial charge on any atom is -0.497 e. The van der Waals surface area contributed by atoms with Crippen LogP contribution >= 0.6 is 0 Å². The van der Waals surface area contributed by atoms with Gasteiger partial charge in [-0.15, -0.1) is 0 Å². The average Bonchev–Trinajstić information content (AvgIpc) is 2.83. The molecule has 3 rings (SSSR count). The number of guanidine groups is 1. The summed E-state index contributed by atoms with van der Waals surface area (Å²) in [6.45, 7) is 7.40. The molecule has 0 unspecified atom stereocenters. The Bertz CT molecular complexity index is 886. The van der Waals surface area contributed by atoms with Crippen molar-refractivity contribution in [1.82, 2.24) is 10.6 Å². The molecule has 1 saturated heterocycles. The molecule has 2 N–H and O–H groups in total. The number of ether oxygens (including phenoxy) is 3. The zero-order valence-electron chi connectivity index (χ0n) is 19.9. The van der Waals surface area contributed by atoms with Crippen molar-refractivity contribution >= 4 is 11.6 Å². The molecule has 0 bridgehead atoms. The number of hydrogen-bond acceptors (Lipinski definition) is 5. The largest absolute Gasteiger partial charge is 0.497 e. The second-order valence-corrected chi connectivity index (χ2v) is 7.94. The SMILES string of the molecule is CCOc1ccc(CNC(=NC)NC2CCN(c3cc(OC)cc(OC)c3)CC2)cc1C. The molecule has 1 aliphatic heterocycles. The fourth-order valence-electron chi connectivity index (χ4n) is 3.97. The van der Waals surface area contributed by atoms with Crippen molar-refractivity contribution < 1.29 is 14.2 Å². The molecule has 7 heteroatoms. The van der Waals surface area contributed by atoms with Gasteiger partial charge in [0.15, 0.2) is 5.96 Å². The maximum atomic E-state index is 5.63. The number of nitrogens with zero attached hydrogens (tertiary/aromatic N) is 2. The number of aryl methyl sites for hydroxylation is 1. The summed E-state index contributed by atoms with van der Waals surface area (Å²) in [6, 6.07) is 12.7. The van der Waals surface area contributed by atoms with E-state index in [2.05, 4.69) is 51.7 Å². The predicted molar refractivity (Wildman–Crippen MR) is 130 cm³/mol. The standard InChI is InChI=1S/C25H36N4O3/c1-6-32-24-8-7-19(13-18(24)2)17-27-25(26-3)28-20-9-11-29(12-10-20)21-14-22(30-4)16-23(15-21)31-5/h7-8,13-16,20H,6,9-12,17H2,1-5H3,(H2,26,27,28). The van der Waals surface area contributed by atoms with E-state index in [9.17, 15) is 0 Å². The van der Waals surface area contributed by atoms with Gasteiger partial charge in [-0.25, -0.2) is 0 Å². The highest BCUT2D eigenvalue weighted by Crippen LogP contribution is 2.30. The smallest absolute Gasteiger partial charge is 0.191 e. The molecule has 174 valence electrons. The van der Waals surface area contributed by atoms with Crippen molar-refractivity contribution in [1.29, 1.82) is 0 Å². The van der Waals surface area contributed by atoms with Gasteiger partial charge in [-0.3, -0.25) is 4.99 Å². The number of anilines is 1. The van der Waals surface area contributed by atoms with E-state index in [0.717, 1.165) is 66.9 Å². The lowest BCUT2D eigenvalue weighted by Crippen LogP contribution is -2.48. The van der Waals surface area contributed by atoms with Crippen molar-refractivity contribution in [2.24, 2.45) is 4.99 Å². The topological polar surface area (TPSA) is 67.4 Å². The molecule has 0 saturated carbocycles. The quantitative estimate of drug-likeness (QED) is 0.481. The summed E-state index contributed by atoms with van der Waals surface area (Å²) in [7, 11) is 5.18. The van der Waals surface area contributed by atoms with Gasteiger partial charge in [-0.2, -0.15) is 0 Å². The zero-order valence-corrected chi connectivity index (χ0v) is 19.9. The fraction of sp³-hybridized carbons (Fsp3) is 0.480. The highest BCUT2D eigenvalue weighted by Gasteiger charge is 2.21. The van der Waals surface area contributed by atoms with E-state index in [1.807, 2.05) is 26.1 Å². The Kier molecular flexibility index (Phi) is 8.48. The summed E-state index contributed by atoms with van der Waals surface area (Å²) in [6.07, 6.45) is 2.06. The lowest BCUT2D eigenvalue weighted by molar-refractivity contribution is 0.338. The maximum Gasteiger partial charge on any atom is 0.191 e. The van der Waals surface area contributed by atoms with Crippen molar-refractivity contribution in [2.45, 2.75) is 39.3 Å². The number of benzene rings is 2. The summed E-state index contributed by atoms with van der Waals surface area (Å²) in [5.41, 5.74) is 3.49. The van der Waals surface area contributed by atoms with E-state index < -0.39 is 0 Å². The van der Waals surface area contributed by atoms with Gasteiger partial charge in [0.25, 0.3) is 0 Å². The first kappa shape index (κ1) is 23.6. The molecule has 0 spiro atoms. The van der Waals surface area contributed by atoms with Crippen LogP contribution in [-0.4, -0.2) is 53.0 Å². The average molecular weight is 441 g/mol. The van der Waals surface area contributed by atoms with Gasteiger partial charge in [0.1, 0.15) is 17.2 Å². The molecule has 1 aliphatic rings. The van der Waals surface area contributed by atoms with E-state index in [1.165, 1.54) is 5.56 Å². The third-order valence-corrected chi connectivity index (χ3v) is 5.76. The van der Waals surface area contributed by atoms with Crippen molar-refractivity contribution in [2.75, 3.05) is 45.9 Å². The molecule has 1 heterocycles. The highest BCUT2D eigenvalue weighted by molar-refractivity contribution is 5.80. The van der Waals surface area contributed by atoms with Crippen LogP contribution in [0.1, 0.15) is 30.9 Å². The van der Waals surface area contributed by atoms with Gasteiger partial charge in [0, 0.05) is 56.6 Å². The third kappa shape index (κ3) is 6.22. The fourth-order valence-corrected chi connectivity index (χ4v) is 3.97. The van der Waals surface area contributed by atoms with Crippen LogP contribution in [0, 0.1) is 6.92 Å². The van der Waals surface area contributed by atoms with Crippen molar-refractivity contribution in [3.63, 3.8) is 0 Å². The summed E-state index contributed by atoms with van der Waals surface area (Å²) in [4.78, 5) is 6.79. The summed E-state index contributed by atoms with van der Waals surface area (Å²) >= 11 is 0. The lowest BCUT2D eigenvalue weighted by Gasteiger charge is -2.34. The molecule has 0 radical (unpaired) electrons. The molecule has 0 atom stereocenters. The van der Waals surface area contributed by atoms with Crippen LogP contribution in [0.15, 0.2) is 41.4 Å². The maximum absolute atomic E-state index is 5.63. The molecule has 2 aromatic rings. The lowest BCUT2D eigenvalue weighted by atomic mass is 10.0. The van der Waals surface area contributed by atoms with Crippen LogP contribution in [-0.2, 0) is 6.54 Å². The molecule has 0 aromatic heterocycles. The Morgan fingerprint density at radius 1 is 1.06 bits per heavy atom. The van der Waals surface area contributed by atoms with Gasteiger partial charge in [0.05, 0.1) is 20.8 Å². The Morgan fingerprint density at radius 3 is 2.31 bits per heavy atom. The second-order valence-electron chi connectivity index (χ2n) is 7.94. The summed E-state index contributed by atoms with van der Waals surface area (Å²) in [5.74, 6) is 3.40. The Labute approximate surface area is 191 Å². The van der Waals surface area contributed by atoms with Gasteiger partial charge >= 0.3 is 0 Å². The molecular formula is C25H36N4O3. The molecule has 2 aromatic carbocycles. The number of piperidine rings is 1. The highest BCUT2D eigenvalue weighted by atomic mass is 16.5. The predicted octanol–water partition coefficient (Wildman–Crippen LogP) is 3.74. The first-order chi connectivity index (χ1) is 15.6. The van der Waals surface area contributed by atoms with Crippen LogP contribution in [0.2, 0.25) is 0 Å². The number of nitrogens with one attached hydrogen (secondary N) is 2. The van der Waals surface area contributed by atoms with Gasteiger partial charge in [-0.1, -0.05) is 12.1 Å². The monoisotopic (exact) mass is 440 g/mol. The van der Waals surface area contributed by atoms with Crippen molar-refractivity contribution in [3.05, 3.63) is 47.5 Å². The van der Waals surface area contributed by atoms with Crippen molar-refractivity contribution in [3.8, 4) is 17.2 Å². The van der Waals surface area contributed by atoms with E-state index in [1.54, 1.807) is 14.2 Å². The first-order valence-electron chi connectivity index (χ1n) is 11.2. The van der Waals surface area contributed by atoms with E-state index in [4.69, 9.17) is 14.2 Å². The van der Waals surface area contributed by atoms with E-state index in [-0.39, 0.29) is 0 Å². The molecule has 0 amide bonds. The normalized spacial score (nSPS) is 14.8. The Morgan fingerprint density at radius 2 is 1.75 bits per heavy atom. The van der Waals surface area contributed by atoms with Crippen LogP contribution in [0.5, 0.6) is 17.2 Å². The van der Waals surface area contributed by atoms with E-state index >= 15 is 0 Å². The van der Waals surface area contributed by atoms with Gasteiger partial charge < -0.3 is 29.7 Å². The minimum atomic E-state index is 0.381. The second kappa shape index (κ2) is 11.5. The number of aliphatic imine (C=N–C) groups is 1. The summed E-state index contributed by atoms with van der Waals surface area (Å²) < 4.78 is 16.5. The molecule has 32 heavy (non-hydrogen) atoms. The Hall–Kier alpha value is -3.09. The third-order valence-electron chi connectivity index (χ3n) is 5.76. The van der Waals surface area contributed by atoms with Crippen LogP contribution in [0.4, 0.5) is 5.69 Å².